The van der Waals surface area contributed by atoms with Gasteiger partial charge in [0.25, 0.3) is 5.91 Å². The second-order valence-electron chi connectivity index (χ2n) is 8.16. The van der Waals surface area contributed by atoms with Gasteiger partial charge >= 0.3 is 0 Å². The lowest BCUT2D eigenvalue weighted by Crippen LogP contribution is -3.15. The summed E-state index contributed by atoms with van der Waals surface area (Å²) < 4.78 is 33.2. The number of morpholine rings is 1. The topological polar surface area (TPSA) is 71.4 Å². The number of piperazine rings is 1. The van der Waals surface area contributed by atoms with E-state index in [2.05, 4.69) is 0 Å². The van der Waals surface area contributed by atoms with Gasteiger partial charge < -0.3 is 14.5 Å². The molecule has 2 aliphatic heterocycles. The zero-order valence-corrected chi connectivity index (χ0v) is 18.1. The van der Waals surface area contributed by atoms with E-state index in [9.17, 15) is 13.2 Å². The van der Waals surface area contributed by atoms with E-state index in [1.807, 2.05) is 44.7 Å². The number of quaternary nitrogens is 1. The van der Waals surface area contributed by atoms with Gasteiger partial charge in [-0.3, -0.25) is 4.79 Å². The molecule has 2 saturated heterocycles. The molecule has 1 N–H and O–H groups in total. The first-order valence-corrected chi connectivity index (χ1v) is 11.4. The highest BCUT2D eigenvalue weighted by Crippen LogP contribution is 2.21. The lowest BCUT2D eigenvalue weighted by molar-refractivity contribution is -0.896. The molecule has 2 fully saturated rings. The molecule has 0 bridgehead atoms. The van der Waals surface area contributed by atoms with Gasteiger partial charge in [-0.15, -0.1) is 0 Å². The van der Waals surface area contributed by atoms with Gasteiger partial charge in [-0.05, 0) is 39.3 Å². The summed E-state index contributed by atoms with van der Waals surface area (Å²) in [5, 5.41) is 0. The summed E-state index contributed by atoms with van der Waals surface area (Å²) in [5.41, 5.74) is 1.83. The number of rotatable bonds is 4. The van der Waals surface area contributed by atoms with Crippen molar-refractivity contribution in [3.63, 3.8) is 0 Å². The first kappa shape index (κ1) is 21.2. The molecule has 2 heterocycles. The predicted molar refractivity (Wildman–Crippen MR) is 107 cm³/mol. The SMILES string of the molecule is Cc1ccc(S(=O)(=O)N2CC[NH+](CC(=O)N3C[C@@H](C)O[C@@H](C)C3)CC2)c(C)c1. The predicted octanol–water partition coefficient (Wildman–Crippen LogP) is -0.172. The van der Waals surface area contributed by atoms with Crippen molar-refractivity contribution < 1.29 is 22.8 Å². The van der Waals surface area contributed by atoms with Crippen molar-refractivity contribution in [2.75, 3.05) is 45.8 Å². The van der Waals surface area contributed by atoms with Gasteiger partial charge in [0.05, 0.1) is 43.3 Å². The molecule has 28 heavy (non-hydrogen) atoms. The summed E-state index contributed by atoms with van der Waals surface area (Å²) in [7, 11) is -3.49. The van der Waals surface area contributed by atoms with E-state index in [1.165, 1.54) is 0 Å². The third kappa shape index (κ3) is 4.74. The number of benzene rings is 1. The van der Waals surface area contributed by atoms with Crippen LogP contribution in [0.4, 0.5) is 0 Å². The molecule has 2 aliphatic rings. The van der Waals surface area contributed by atoms with Crippen LogP contribution in [0.25, 0.3) is 0 Å². The average Bonchev–Trinajstić information content (AvgIpc) is 2.61. The molecular weight excluding hydrogens is 378 g/mol. The Morgan fingerprint density at radius 1 is 1.14 bits per heavy atom. The Balaban J connectivity index is 1.57. The van der Waals surface area contributed by atoms with Gasteiger partial charge in [-0.2, -0.15) is 4.31 Å². The normalized spacial score (nSPS) is 25.1. The molecule has 156 valence electrons. The van der Waals surface area contributed by atoms with Crippen molar-refractivity contribution in [2.45, 2.75) is 44.8 Å². The fraction of sp³-hybridized carbons (Fsp3) is 0.650. The van der Waals surface area contributed by atoms with Crippen molar-refractivity contribution in [1.29, 1.82) is 0 Å². The number of amides is 1. The Morgan fingerprint density at radius 2 is 1.75 bits per heavy atom. The molecule has 1 aromatic carbocycles. The molecule has 1 aromatic rings. The van der Waals surface area contributed by atoms with Crippen LogP contribution in [0, 0.1) is 13.8 Å². The number of aryl methyl sites for hydroxylation is 2. The number of hydrogen-bond acceptors (Lipinski definition) is 4. The molecule has 0 aliphatic carbocycles. The number of ether oxygens (including phenoxy) is 1. The van der Waals surface area contributed by atoms with Crippen molar-refractivity contribution in [3.05, 3.63) is 29.3 Å². The van der Waals surface area contributed by atoms with E-state index in [1.54, 1.807) is 10.4 Å². The summed E-state index contributed by atoms with van der Waals surface area (Å²) >= 11 is 0. The molecule has 8 heteroatoms. The summed E-state index contributed by atoms with van der Waals surface area (Å²) in [5.74, 6) is 0.127. The molecule has 7 nitrogen and oxygen atoms in total. The van der Waals surface area contributed by atoms with Gasteiger partial charge in [0.2, 0.25) is 10.0 Å². The number of nitrogens with one attached hydrogen (secondary N) is 1. The van der Waals surface area contributed by atoms with E-state index >= 15 is 0 Å². The van der Waals surface area contributed by atoms with Crippen LogP contribution in [0.5, 0.6) is 0 Å². The molecular formula is C20H32N3O4S+. The Kier molecular flexibility index (Phi) is 6.44. The number of nitrogens with zero attached hydrogens (tertiary/aromatic N) is 2. The third-order valence-electron chi connectivity index (χ3n) is 5.55. The maximum Gasteiger partial charge on any atom is 0.277 e. The van der Waals surface area contributed by atoms with Crippen LogP contribution in [0.3, 0.4) is 0 Å². The lowest BCUT2D eigenvalue weighted by atomic mass is 10.2. The van der Waals surface area contributed by atoms with Crippen LogP contribution < -0.4 is 4.90 Å². The number of hydrogen-bond donors (Lipinski definition) is 1. The highest BCUT2D eigenvalue weighted by atomic mass is 32.2. The van der Waals surface area contributed by atoms with Crippen LogP contribution >= 0.6 is 0 Å². The largest absolute Gasteiger partial charge is 0.372 e. The minimum absolute atomic E-state index is 0.0578. The Hall–Kier alpha value is -1.48. The van der Waals surface area contributed by atoms with Gasteiger partial charge in [0.1, 0.15) is 0 Å². The number of carbonyl (C=O) groups is 1. The number of carbonyl (C=O) groups excluding carboxylic acids is 1. The molecule has 1 amide bonds. The molecule has 3 rings (SSSR count). The van der Waals surface area contributed by atoms with E-state index < -0.39 is 10.0 Å². The quantitative estimate of drug-likeness (QED) is 0.748. The zero-order valence-electron chi connectivity index (χ0n) is 17.3. The van der Waals surface area contributed by atoms with Gasteiger partial charge in [0, 0.05) is 13.1 Å². The van der Waals surface area contributed by atoms with Crippen LogP contribution in [-0.4, -0.2) is 81.6 Å². The third-order valence-corrected chi connectivity index (χ3v) is 7.61. The van der Waals surface area contributed by atoms with Crippen molar-refractivity contribution in [1.82, 2.24) is 9.21 Å². The van der Waals surface area contributed by atoms with E-state index in [0.717, 1.165) is 16.0 Å². The molecule has 0 spiro atoms. The molecule has 0 radical (unpaired) electrons. The maximum absolute atomic E-state index is 13.0. The van der Waals surface area contributed by atoms with Crippen LogP contribution in [0.2, 0.25) is 0 Å². The monoisotopic (exact) mass is 410 g/mol. The van der Waals surface area contributed by atoms with E-state index in [-0.39, 0.29) is 18.1 Å². The van der Waals surface area contributed by atoms with Crippen molar-refractivity contribution in [2.24, 2.45) is 0 Å². The first-order chi connectivity index (χ1) is 13.2. The van der Waals surface area contributed by atoms with E-state index in [4.69, 9.17) is 4.74 Å². The second-order valence-corrected chi connectivity index (χ2v) is 10.1. The van der Waals surface area contributed by atoms with Gasteiger partial charge in [0.15, 0.2) is 6.54 Å². The fourth-order valence-electron chi connectivity index (χ4n) is 4.15. The molecule has 0 unspecified atom stereocenters. The zero-order chi connectivity index (χ0) is 20.5. The summed E-state index contributed by atoms with van der Waals surface area (Å²) in [6.45, 7) is 11.6. The Bertz CT molecular complexity index is 809. The van der Waals surface area contributed by atoms with Crippen molar-refractivity contribution in [3.8, 4) is 0 Å². The smallest absolute Gasteiger partial charge is 0.277 e. The summed E-state index contributed by atoms with van der Waals surface area (Å²) in [4.78, 5) is 16.1. The van der Waals surface area contributed by atoms with Crippen LogP contribution in [0.15, 0.2) is 23.1 Å². The molecule has 0 saturated carbocycles. The van der Waals surface area contributed by atoms with Gasteiger partial charge in [-0.25, -0.2) is 8.42 Å². The van der Waals surface area contributed by atoms with Gasteiger partial charge in [-0.1, -0.05) is 17.7 Å². The van der Waals surface area contributed by atoms with Crippen LogP contribution in [-0.2, 0) is 19.6 Å². The molecule has 2 atom stereocenters. The average molecular weight is 411 g/mol. The summed E-state index contributed by atoms with van der Waals surface area (Å²) in [6.07, 6.45) is 0.116. The molecule has 0 aromatic heterocycles. The Labute approximate surface area is 168 Å². The van der Waals surface area contributed by atoms with Crippen molar-refractivity contribution >= 4 is 15.9 Å². The fourth-order valence-corrected chi connectivity index (χ4v) is 5.80. The first-order valence-electron chi connectivity index (χ1n) is 10.0. The highest BCUT2D eigenvalue weighted by molar-refractivity contribution is 7.89. The maximum atomic E-state index is 13.0. The highest BCUT2D eigenvalue weighted by Gasteiger charge is 2.33. The number of sulfonamides is 1. The second kappa shape index (κ2) is 8.49. The Morgan fingerprint density at radius 3 is 2.32 bits per heavy atom. The summed E-state index contributed by atoms with van der Waals surface area (Å²) in [6, 6.07) is 5.44. The minimum atomic E-state index is -3.49. The lowest BCUT2D eigenvalue weighted by Gasteiger charge is -2.37. The minimum Gasteiger partial charge on any atom is -0.372 e. The standard InChI is InChI=1S/C20H31N3O4S/c1-15-5-6-19(16(2)11-15)28(25,26)23-9-7-21(8-10-23)14-20(24)22-12-17(3)27-18(4)13-22/h5-6,11,17-18H,7-10,12-14H2,1-4H3/p+1/t17-,18+. The van der Waals surface area contributed by atoms with Crippen LogP contribution in [0.1, 0.15) is 25.0 Å². The van der Waals surface area contributed by atoms with E-state index in [0.29, 0.717) is 50.7 Å².